The highest BCUT2D eigenvalue weighted by molar-refractivity contribution is 5.48. The van der Waals surface area contributed by atoms with E-state index in [4.69, 9.17) is 4.74 Å². The molecular weight excluding hydrogens is 302 g/mol. The van der Waals surface area contributed by atoms with Crippen molar-refractivity contribution in [1.29, 1.82) is 0 Å². The third-order valence-electron chi connectivity index (χ3n) is 5.48. The Hall–Kier alpha value is -1.40. The molecule has 1 saturated carbocycles. The predicted octanol–water partition coefficient (Wildman–Crippen LogP) is 1.99. The van der Waals surface area contributed by atoms with E-state index in [1.807, 2.05) is 0 Å². The van der Waals surface area contributed by atoms with E-state index in [0.29, 0.717) is 6.04 Å². The van der Waals surface area contributed by atoms with E-state index < -0.39 is 0 Å². The van der Waals surface area contributed by atoms with E-state index >= 15 is 0 Å². The molecule has 0 spiro atoms. The van der Waals surface area contributed by atoms with Crippen LogP contribution in [0.3, 0.4) is 0 Å². The molecule has 132 valence electrons. The summed E-state index contributed by atoms with van der Waals surface area (Å²) in [5.74, 6) is 2.89. The van der Waals surface area contributed by atoms with E-state index in [0.717, 1.165) is 56.9 Å². The van der Waals surface area contributed by atoms with Crippen molar-refractivity contribution in [2.75, 3.05) is 56.2 Å². The van der Waals surface area contributed by atoms with Gasteiger partial charge in [-0.3, -0.25) is 4.90 Å². The fourth-order valence-electron chi connectivity index (χ4n) is 3.77. The third kappa shape index (κ3) is 4.16. The Bertz CT molecular complexity index is 530. The van der Waals surface area contributed by atoms with Crippen molar-refractivity contribution in [2.24, 2.45) is 5.92 Å². The Morgan fingerprint density at radius 1 is 1.04 bits per heavy atom. The second kappa shape index (κ2) is 7.66. The van der Waals surface area contributed by atoms with Gasteiger partial charge in [0, 0.05) is 58.0 Å². The van der Waals surface area contributed by atoms with Crippen molar-refractivity contribution in [3.05, 3.63) is 12.4 Å². The van der Waals surface area contributed by atoms with E-state index in [9.17, 15) is 0 Å². The standard InChI is InChI=1S/C18H29N5O/c1-6-22(16-4-10-24-11-5-16)8-9-23(7-1)18-12-17(20-14-21-18)19-13-15-2-3-15/h12,14-16H,1-11,13H2,(H,19,20,21). The lowest BCUT2D eigenvalue weighted by Crippen LogP contribution is -2.41. The zero-order chi connectivity index (χ0) is 16.2. The number of ether oxygens (including phenoxy) is 1. The summed E-state index contributed by atoms with van der Waals surface area (Å²) in [6, 6.07) is 2.83. The van der Waals surface area contributed by atoms with Gasteiger partial charge in [0.1, 0.15) is 18.0 Å². The number of hydrogen-bond acceptors (Lipinski definition) is 6. The number of nitrogens with zero attached hydrogens (tertiary/aromatic N) is 4. The molecule has 1 N–H and O–H groups in total. The van der Waals surface area contributed by atoms with Crippen LogP contribution in [-0.2, 0) is 4.74 Å². The summed E-state index contributed by atoms with van der Waals surface area (Å²) in [6.07, 6.45) is 7.99. The fraction of sp³-hybridized carbons (Fsp3) is 0.778. The van der Waals surface area contributed by atoms with Gasteiger partial charge in [-0.25, -0.2) is 9.97 Å². The molecule has 24 heavy (non-hydrogen) atoms. The Morgan fingerprint density at radius 3 is 2.75 bits per heavy atom. The molecule has 2 aliphatic heterocycles. The first-order valence-electron chi connectivity index (χ1n) is 9.51. The van der Waals surface area contributed by atoms with Crippen LogP contribution in [0.5, 0.6) is 0 Å². The zero-order valence-corrected chi connectivity index (χ0v) is 14.5. The van der Waals surface area contributed by atoms with Crippen LogP contribution in [-0.4, -0.2) is 66.8 Å². The molecule has 0 aromatic carbocycles. The van der Waals surface area contributed by atoms with Gasteiger partial charge < -0.3 is 15.0 Å². The smallest absolute Gasteiger partial charge is 0.134 e. The van der Waals surface area contributed by atoms with Gasteiger partial charge in [0.15, 0.2) is 0 Å². The van der Waals surface area contributed by atoms with Crippen LogP contribution >= 0.6 is 0 Å². The second-order valence-electron chi connectivity index (χ2n) is 7.31. The van der Waals surface area contributed by atoms with Crippen LogP contribution in [0.25, 0.3) is 0 Å². The van der Waals surface area contributed by atoms with Crippen molar-refractivity contribution in [2.45, 2.75) is 38.1 Å². The van der Waals surface area contributed by atoms with Gasteiger partial charge in [0.05, 0.1) is 0 Å². The molecule has 3 aliphatic rings. The first-order valence-corrected chi connectivity index (χ1v) is 9.51. The van der Waals surface area contributed by atoms with E-state index in [1.54, 1.807) is 6.33 Å². The minimum atomic E-state index is 0.708. The summed E-state index contributed by atoms with van der Waals surface area (Å²) in [5, 5.41) is 3.46. The Morgan fingerprint density at radius 2 is 1.92 bits per heavy atom. The molecule has 3 fully saturated rings. The monoisotopic (exact) mass is 331 g/mol. The fourth-order valence-corrected chi connectivity index (χ4v) is 3.77. The summed E-state index contributed by atoms with van der Waals surface area (Å²) in [5.41, 5.74) is 0. The van der Waals surface area contributed by atoms with Crippen molar-refractivity contribution in [3.63, 3.8) is 0 Å². The Labute approximate surface area is 144 Å². The molecule has 0 amide bonds. The van der Waals surface area contributed by atoms with Crippen LogP contribution in [0.4, 0.5) is 11.6 Å². The van der Waals surface area contributed by atoms with Crippen molar-refractivity contribution >= 4 is 11.6 Å². The molecule has 1 aromatic rings. The van der Waals surface area contributed by atoms with Gasteiger partial charge >= 0.3 is 0 Å². The average Bonchev–Trinajstić information content (AvgIpc) is 3.47. The van der Waals surface area contributed by atoms with Crippen LogP contribution in [0.1, 0.15) is 32.1 Å². The minimum absolute atomic E-state index is 0.708. The normalized spacial score (nSPS) is 23.9. The minimum Gasteiger partial charge on any atom is -0.381 e. The first kappa shape index (κ1) is 16.1. The van der Waals surface area contributed by atoms with Gasteiger partial charge in [-0.1, -0.05) is 0 Å². The van der Waals surface area contributed by atoms with Gasteiger partial charge in [-0.2, -0.15) is 0 Å². The third-order valence-corrected chi connectivity index (χ3v) is 5.48. The maximum absolute atomic E-state index is 5.51. The number of hydrogen-bond donors (Lipinski definition) is 1. The summed E-state index contributed by atoms with van der Waals surface area (Å²) < 4.78 is 5.51. The van der Waals surface area contributed by atoms with Gasteiger partial charge in [-0.15, -0.1) is 0 Å². The largest absolute Gasteiger partial charge is 0.381 e. The van der Waals surface area contributed by atoms with Crippen molar-refractivity contribution < 1.29 is 4.74 Å². The quantitative estimate of drug-likeness (QED) is 0.890. The van der Waals surface area contributed by atoms with E-state index in [1.165, 1.54) is 38.6 Å². The average molecular weight is 331 g/mol. The summed E-state index contributed by atoms with van der Waals surface area (Å²) in [7, 11) is 0. The highest BCUT2D eigenvalue weighted by Crippen LogP contribution is 2.29. The SMILES string of the molecule is c1nc(NCC2CC2)cc(N2CCCN(C3CCOCC3)CC2)n1. The number of nitrogens with one attached hydrogen (secondary N) is 1. The van der Waals surface area contributed by atoms with Gasteiger partial charge in [-0.05, 0) is 38.0 Å². The maximum atomic E-state index is 5.51. The second-order valence-corrected chi connectivity index (χ2v) is 7.31. The molecule has 0 unspecified atom stereocenters. The summed E-state index contributed by atoms with van der Waals surface area (Å²) in [6.45, 7) is 7.35. The molecule has 0 radical (unpaired) electrons. The van der Waals surface area contributed by atoms with Crippen LogP contribution in [0.2, 0.25) is 0 Å². The van der Waals surface area contributed by atoms with Gasteiger partial charge in [0.2, 0.25) is 0 Å². The van der Waals surface area contributed by atoms with Gasteiger partial charge in [0.25, 0.3) is 0 Å². The molecule has 4 rings (SSSR count). The van der Waals surface area contributed by atoms with E-state index in [2.05, 4.69) is 31.2 Å². The lowest BCUT2D eigenvalue weighted by atomic mass is 10.1. The zero-order valence-electron chi connectivity index (χ0n) is 14.5. The Balaban J connectivity index is 1.34. The lowest BCUT2D eigenvalue weighted by molar-refractivity contribution is 0.0365. The Kier molecular flexibility index (Phi) is 5.13. The van der Waals surface area contributed by atoms with Crippen LogP contribution in [0.15, 0.2) is 12.4 Å². The van der Waals surface area contributed by atoms with E-state index in [-0.39, 0.29) is 0 Å². The lowest BCUT2D eigenvalue weighted by Gasteiger charge is -2.33. The van der Waals surface area contributed by atoms with Crippen LogP contribution in [0, 0.1) is 5.92 Å². The molecule has 3 heterocycles. The topological polar surface area (TPSA) is 53.5 Å². The van der Waals surface area contributed by atoms with Crippen LogP contribution < -0.4 is 10.2 Å². The first-order chi connectivity index (χ1) is 11.9. The number of anilines is 2. The predicted molar refractivity (Wildman–Crippen MR) is 95.5 cm³/mol. The highest BCUT2D eigenvalue weighted by Gasteiger charge is 2.25. The maximum Gasteiger partial charge on any atom is 0.134 e. The molecule has 1 aliphatic carbocycles. The molecule has 6 heteroatoms. The summed E-state index contributed by atoms with van der Waals surface area (Å²) in [4.78, 5) is 14.0. The van der Waals surface area contributed by atoms with Crippen molar-refractivity contribution in [3.8, 4) is 0 Å². The molecule has 2 saturated heterocycles. The molecular formula is C18H29N5O. The number of rotatable bonds is 5. The summed E-state index contributed by atoms with van der Waals surface area (Å²) >= 11 is 0. The highest BCUT2D eigenvalue weighted by atomic mass is 16.5. The molecule has 0 atom stereocenters. The molecule has 6 nitrogen and oxygen atoms in total. The molecule has 0 bridgehead atoms. The molecule has 1 aromatic heterocycles. The van der Waals surface area contributed by atoms with Crippen molar-refractivity contribution in [1.82, 2.24) is 14.9 Å². The number of aromatic nitrogens is 2.